The molecule has 0 aromatic carbocycles. The monoisotopic (exact) mass is 367 g/mol. The number of H-pyrrole nitrogens is 1. The highest BCUT2D eigenvalue weighted by atomic mass is 16.6. The number of esters is 1. The van der Waals surface area contributed by atoms with Gasteiger partial charge in [0.15, 0.2) is 29.3 Å². The summed E-state index contributed by atoms with van der Waals surface area (Å²) in [7, 11) is 0. The van der Waals surface area contributed by atoms with Crippen molar-refractivity contribution in [3.63, 3.8) is 0 Å². The summed E-state index contributed by atoms with van der Waals surface area (Å²) < 4.78 is 11.7. The third kappa shape index (κ3) is 2.55. The highest BCUT2D eigenvalue weighted by Gasteiger charge is 2.62. The van der Waals surface area contributed by atoms with Gasteiger partial charge in [-0.3, -0.25) is 23.9 Å². The summed E-state index contributed by atoms with van der Waals surface area (Å²) >= 11 is 0. The van der Waals surface area contributed by atoms with Gasteiger partial charge in [0.2, 0.25) is 11.5 Å². The summed E-state index contributed by atoms with van der Waals surface area (Å²) in [5, 5.41) is 20.6. The van der Waals surface area contributed by atoms with Crippen molar-refractivity contribution in [3.05, 3.63) is 16.7 Å². The Morgan fingerprint density at radius 2 is 2.19 bits per heavy atom. The molecular weight excluding hydrogens is 350 g/mol. The van der Waals surface area contributed by atoms with E-state index in [1.54, 1.807) is 0 Å². The van der Waals surface area contributed by atoms with E-state index in [-0.39, 0.29) is 17.1 Å². The molecule has 2 aromatic heterocycles. The van der Waals surface area contributed by atoms with E-state index < -0.39 is 48.0 Å². The first-order valence-electron chi connectivity index (χ1n) is 7.59. The minimum absolute atomic E-state index is 0.0453. The lowest BCUT2D eigenvalue weighted by molar-refractivity contribution is -0.170. The number of Topliss-reactive ketones (excluding diaryl/α,β-unsaturated/α-hetero) is 1. The zero-order valence-corrected chi connectivity index (χ0v) is 13.9. The first-order valence-corrected chi connectivity index (χ1v) is 7.59. The Labute approximate surface area is 145 Å². The number of carbonyl (C=O) groups is 2. The van der Waals surface area contributed by atoms with E-state index in [9.17, 15) is 24.6 Å². The number of fused-ring (bicyclic) bond motifs is 1. The fourth-order valence-corrected chi connectivity index (χ4v) is 3.01. The predicted octanol–water partition coefficient (Wildman–Crippen LogP) is -2.16. The standard InChI is InChI=1S/C14H17N5O7/c1-5(21)14(24)9(25-6(2)22)7(3-20)26-12(14)19-4-16-8-10(19)17-13(15)18-11(8)23/h4,7,9,12,20,24H,3H2,1-2H3,(H3,15,17,18,23)/t7-,9-,12-,14-/m1/s1. The third-order valence-corrected chi connectivity index (χ3v) is 4.19. The second-order valence-corrected chi connectivity index (χ2v) is 5.90. The van der Waals surface area contributed by atoms with E-state index in [1.165, 1.54) is 0 Å². The molecule has 0 radical (unpaired) electrons. The van der Waals surface area contributed by atoms with Gasteiger partial charge in [0.25, 0.3) is 5.56 Å². The fourth-order valence-electron chi connectivity index (χ4n) is 3.01. The van der Waals surface area contributed by atoms with Crippen molar-refractivity contribution in [1.29, 1.82) is 0 Å². The highest BCUT2D eigenvalue weighted by Crippen LogP contribution is 2.41. The zero-order chi connectivity index (χ0) is 19.2. The van der Waals surface area contributed by atoms with Gasteiger partial charge in [-0.1, -0.05) is 0 Å². The number of ketones is 1. The molecule has 4 atom stereocenters. The van der Waals surface area contributed by atoms with E-state index in [1.807, 2.05) is 0 Å². The number of rotatable bonds is 4. The third-order valence-electron chi connectivity index (χ3n) is 4.19. The molecule has 140 valence electrons. The van der Waals surface area contributed by atoms with E-state index in [4.69, 9.17) is 15.2 Å². The highest BCUT2D eigenvalue weighted by molar-refractivity contribution is 5.87. The van der Waals surface area contributed by atoms with Gasteiger partial charge in [-0.2, -0.15) is 4.98 Å². The number of nitrogens with zero attached hydrogens (tertiary/aromatic N) is 3. The normalized spacial score (nSPS) is 28.4. The molecule has 26 heavy (non-hydrogen) atoms. The van der Waals surface area contributed by atoms with Crippen LogP contribution in [0.15, 0.2) is 11.1 Å². The molecule has 12 heteroatoms. The van der Waals surface area contributed by atoms with Crippen molar-refractivity contribution >= 4 is 28.9 Å². The van der Waals surface area contributed by atoms with Crippen LogP contribution in [0.25, 0.3) is 11.2 Å². The van der Waals surface area contributed by atoms with E-state index >= 15 is 0 Å². The van der Waals surface area contributed by atoms with Gasteiger partial charge in [0.1, 0.15) is 6.10 Å². The Morgan fingerprint density at radius 3 is 2.77 bits per heavy atom. The largest absolute Gasteiger partial charge is 0.456 e. The molecule has 1 fully saturated rings. The maximum absolute atomic E-state index is 12.2. The molecule has 5 N–H and O–H groups in total. The van der Waals surface area contributed by atoms with E-state index in [0.717, 1.165) is 24.7 Å². The van der Waals surface area contributed by atoms with Crippen LogP contribution < -0.4 is 11.3 Å². The maximum atomic E-state index is 12.2. The first-order chi connectivity index (χ1) is 12.2. The minimum Gasteiger partial charge on any atom is -0.456 e. The van der Waals surface area contributed by atoms with Crippen LogP contribution in [-0.2, 0) is 19.1 Å². The Kier molecular flexibility index (Phi) is 4.26. The Bertz CT molecular complexity index is 937. The summed E-state index contributed by atoms with van der Waals surface area (Å²) in [5.74, 6) is -1.75. The van der Waals surface area contributed by atoms with Gasteiger partial charge in [0.05, 0.1) is 12.9 Å². The lowest BCUT2D eigenvalue weighted by Gasteiger charge is -2.30. The van der Waals surface area contributed by atoms with Crippen molar-refractivity contribution in [2.24, 2.45) is 0 Å². The maximum Gasteiger partial charge on any atom is 0.303 e. The number of anilines is 1. The van der Waals surface area contributed by atoms with Gasteiger partial charge in [-0.15, -0.1) is 0 Å². The van der Waals surface area contributed by atoms with Gasteiger partial charge in [-0.05, 0) is 6.92 Å². The number of nitrogen functional groups attached to an aromatic ring is 1. The second kappa shape index (κ2) is 6.16. The van der Waals surface area contributed by atoms with Crippen LogP contribution in [-0.4, -0.2) is 65.9 Å². The molecule has 0 amide bonds. The Balaban J connectivity index is 2.19. The van der Waals surface area contributed by atoms with Gasteiger partial charge < -0.3 is 25.4 Å². The molecule has 2 aromatic rings. The number of aromatic amines is 1. The number of ether oxygens (including phenoxy) is 2. The molecule has 1 saturated heterocycles. The number of hydrogen-bond acceptors (Lipinski definition) is 10. The van der Waals surface area contributed by atoms with Crippen LogP contribution in [0, 0.1) is 0 Å². The zero-order valence-electron chi connectivity index (χ0n) is 13.9. The van der Waals surface area contributed by atoms with Crippen molar-refractivity contribution in [2.75, 3.05) is 12.3 Å². The van der Waals surface area contributed by atoms with Crippen LogP contribution in [0.4, 0.5) is 5.95 Å². The summed E-state index contributed by atoms with van der Waals surface area (Å²) in [6, 6.07) is 0. The predicted molar refractivity (Wildman–Crippen MR) is 84.7 cm³/mol. The minimum atomic E-state index is -2.34. The number of carbonyl (C=O) groups excluding carboxylic acids is 2. The fraction of sp³-hybridized carbons (Fsp3) is 0.500. The molecule has 0 bridgehead atoms. The van der Waals surface area contributed by atoms with Crippen LogP contribution >= 0.6 is 0 Å². The summed E-state index contributed by atoms with van der Waals surface area (Å²) in [6.45, 7) is 1.55. The molecule has 0 aliphatic carbocycles. The molecule has 1 aliphatic heterocycles. The lowest BCUT2D eigenvalue weighted by atomic mass is 9.90. The van der Waals surface area contributed by atoms with Crippen LogP contribution in [0.5, 0.6) is 0 Å². The Hall–Kier alpha value is -2.83. The number of aliphatic hydroxyl groups excluding tert-OH is 1. The first kappa shape index (κ1) is 18.0. The molecule has 3 heterocycles. The molecule has 1 aliphatic rings. The molecule has 0 saturated carbocycles. The molecule has 0 spiro atoms. The number of nitrogens with one attached hydrogen (secondary N) is 1. The van der Waals surface area contributed by atoms with Crippen LogP contribution in [0.3, 0.4) is 0 Å². The topological polar surface area (TPSA) is 183 Å². The SMILES string of the molecule is CC(=O)O[C@@H]1[C@@H](CO)O[C@@H](n2cnc3c(=O)[nH]c(N)nc32)[C@@]1(O)C(C)=O. The van der Waals surface area contributed by atoms with Crippen molar-refractivity contribution < 1.29 is 29.3 Å². The van der Waals surface area contributed by atoms with E-state index in [0.29, 0.717) is 0 Å². The van der Waals surface area contributed by atoms with Crippen molar-refractivity contribution in [3.8, 4) is 0 Å². The number of aromatic nitrogens is 4. The van der Waals surface area contributed by atoms with Gasteiger partial charge in [0, 0.05) is 6.92 Å². The average molecular weight is 367 g/mol. The summed E-state index contributed by atoms with van der Waals surface area (Å²) in [5.41, 5.74) is 2.44. The van der Waals surface area contributed by atoms with Crippen LogP contribution in [0.2, 0.25) is 0 Å². The molecule has 3 rings (SSSR count). The molecular formula is C14H17N5O7. The summed E-state index contributed by atoms with van der Waals surface area (Å²) in [6.07, 6.45) is -2.98. The van der Waals surface area contributed by atoms with Crippen molar-refractivity contribution in [2.45, 2.75) is 37.9 Å². The quantitative estimate of drug-likeness (QED) is 0.434. The average Bonchev–Trinajstić information content (AvgIpc) is 3.08. The summed E-state index contributed by atoms with van der Waals surface area (Å²) in [4.78, 5) is 45.7. The Morgan fingerprint density at radius 1 is 1.50 bits per heavy atom. The molecule has 0 unspecified atom stereocenters. The van der Waals surface area contributed by atoms with Gasteiger partial charge in [-0.25, -0.2) is 4.98 Å². The van der Waals surface area contributed by atoms with Crippen molar-refractivity contribution in [1.82, 2.24) is 19.5 Å². The lowest BCUT2D eigenvalue weighted by Crippen LogP contribution is -2.54. The second-order valence-electron chi connectivity index (χ2n) is 5.90. The van der Waals surface area contributed by atoms with Crippen LogP contribution in [0.1, 0.15) is 20.1 Å². The van der Waals surface area contributed by atoms with Gasteiger partial charge >= 0.3 is 5.97 Å². The van der Waals surface area contributed by atoms with E-state index in [2.05, 4.69) is 15.0 Å². The number of aliphatic hydroxyl groups is 2. The number of hydrogen-bond donors (Lipinski definition) is 4. The molecule has 12 nitrogen and oxygen atoms in total. The number of imidazole rings is 1. The number of nitrogens with two attached hydrogens (primary N) is 1. The smallest absolute Gasteiger partial charge is 0.303 e.